The number of carbonyl (C=O) groups is 1. The van der Waals surface area contributed by atoms with Gasteiger partial charge in [-0.1, -0.05) is 25.5 Å². The quantitative estimate of drug-likeness (QED) is 0.711. The minimum atomic E-state index is -3.20. The molecule has 26 heavy (non-hydrogen) atoms. The molecule has 0 atom stereocenters. The number of unbranched alkanes of at least 4 members (excludes halogenated alkanes) is 1. The van der Waals surface area contributed by atoms with Crippen LogP contribution in [-0.4, -0.2) is 50.7 Å². The molecule has 0 spiro atoms. The first-order valence-corrected chi connectivity index (χ1v) is 11.1. The van der Waals surface area contributed by atoms with Gasteiger partial charge in [-0.15, -0.1) is 0 Å². The van der Waals surface area contributed by atoms with Crippen molar-refractivity contribution in [3.8, 4) is 5.75 Å². The summed E-state index contributed by atoms with van der Waals surface area (Å²) in [6.45, 7) is 5.72. The summed E-state index contributed by atoms with van der Waals surface area (Å²) in [5, 5.41) is 0. The monoisotopic (exact) mass is 382 g/mol. The molecule has 1 fully saturated rings. The molecule has 1 N–H and O–H groups in total. The number of likely N-dealkylation sites (tertiary alicyclic amines) is 1. The Kier molecular flexibility index (Phi) is 7.90. The Morgan fingerprint density at radius 3 is 2.42 bits per heavy atom. The third-order valence-electron chi connectivity index (χ3n) is 4.55. The molecule has 0 saturated carbocycles. The summed E-state index contributed by atoms with van der Waals surface area (Å²) < 4.78 is 32.2. The average Bonchev–Trinajstić information content (AvgIpc) is 2.62. The molecule has 0 aliphatic carbocycles. The number of ether oxygens (including phenoxy) is 1. The van der Waals surface area contributed by atoms with Gasteiger partial charge in [0.05, 0.1) is 18.8 Å². The third kappa shape index (κ3) is 6.61. The van der Waals surface area contributed by atoms with Crippen LogP contribution in [-0.2, 0) is 21.2 Å². The van der Waals surface area contributed by atoms with Crippen LogP contribution in [0.15, 0.2) is 24.3 Å². The number of hydrogen-bond acceptors (Lipinski definition) is 4. The number of benzene rings is 1. The summed E-state index contributed by atoms with van der Waals surface area (Å²) in [6.07, 6.45) is 3.23. The highest BCUT2D eigenvalue weighted by Gasteiger charge is 2.25. The van der Waals surface area contributed by atoms with Gasteiger partial charge in [0.2, 0.25) is 15.9 Å². The molecule has 2 rings (SSSR count). The van der Waals surface area contributed by atoms with Crippen molar-refractivity contribution in [3.63, 3.8) is 0 Å². The van der Waals surface area contributed by atoms with E-state index in [4.69, 9.17) is 4.74 Å². The van der Waals surface area contributed by atoms with Crippen LogP contribution in [0.2, 0.25) is 0 Å². The molecule has 1 amide bonds. The van der Waals surface area contributed by atoms with Crippen molar-refractivity contribution in [2.24, 2.45) is 0 Å². The fourth-order valence-electron chi connectivity index (χ4n) is 3.05. The van der Waals surface area contributed by atoms with Crippen molar-refractivity contribution in [2.45, 2.75) is 52.0 Å². The van der Waals surface area contributed by atoms with Crippen LogP contribution >= 0.6 is 0 Å². The lowest BCUT2D eigenvalue weighted by molar-refractivity contribution is -0.131. The SMILES string of the molecule is CCCCS(=O)(=O)NC1CCN(C(=O)Cc2ccc(OCC)cc2)CC1. The summed E-state index contributed by atoms with van der Waals surface area (Å²) in [5.74, 6) is 1.07. The highest BCUT2D eigenvalue weighted by Crippen LogP contribution is 2.16. The Balaban J connectivity index is 1.79. The van der Waals surface area contributed by atoms with Gasteiger partial charge in [0.15, 0.2) is 0 Å². The number of rotatable bonds is 9. The Morgan fingerprint density at radius 2 is 1.85 bits per heavy atom. The first-order chi connectivity index (χ1) is 12.4. The van der Waals surface area contributed by atoms with Gasteiger partial charge in [0.25, 0.3) is 0 Å². The first kappa shape index (κ1) is 20.7. The Morgan fingerprint density at radius 1 is 1.19 bits per heavy atom. The third-order valence-corrected chi connectivity index (χ3v) is 6.07. The summed E-state index contributed by atoms with van der Waals surface area (Å²) >= 11 is 0. The minimum absolute atomic E-state index is 0.0635. The van der Waals surface area contributed by atoms with Crippen molar-refractivity contribution in [1.29, 1.82) is 0 Å². The van der Waals surface area contributed by atoms with Gasteiger partial charge in [0, 0.05) is 19.1 Å². The Hall–Kier alpha value is -1.60. The molecule has 1 aliphatic heterocycles. The lowest BCUT2D eigenvalue weighted by Crippen LogP contribution is -2.47. The molecule has 0 aromatic heterocycles. The second-order valence-electron chi connectivity index (χ2n) is 6.70. The van der Waals surface area contributed by atoms with Gasteiger partial charge in [-0.25, -0.2) is 13.1 Å². The number of nitrogens with zero attached hydrogens (tertiary/aromatic N) is 1. The van der Waals surface area contributed by atoms with E-state index >= 15 is 0 Å². The summed E-state index contributed by atoms with van der Waals surface area (Å²) in [7, 11) is -3.20. The van der Waals surface area contributed by atoms with Crippen LogP contribution in [0, 0.1) is 0 Å². The summed E-state index contributed by atoms with van der Waals surface area (Å²) in [4.78, 5) is 14.3. The molecule has 1 saturated heterocycles. The maximum Gasteiger partial charge on any atom is 0.226 e. The van der Waals surface area contributed by atoms with Gasteiger partial charge in [-0.3, -0.25) is 4.79 Å². The number of nitrogens with one attached hydrogen (secondary N) is 1. The molecular formula is C19H30N2O4S. The smallest absolute Gasteiger partial charge is 0.226 e. The zero-order valence-corrected chi connectivity index (χ0v) is 16.6. The van der Waals surface area contributed by atoms with E-state index < -0.39 is 10.0 Å². The maximum atomic E-state index is 12.5. The maximum absolute atomic E-state index is 12.5. The molecule has 6 nitrogen and oxygen atoms in total. The highest BCUT2D eigenvalue weighted by atomic mass is 32.2. The molecule has 1 aliphatic rings. The molecule has 0 bridgehead atoms. The van der Waals surface area contributed by atoms with Crippen molar-refractivity contribution < 1.29 is 17.9 Å². The molecule has 1 aromatic carbocycles. The lowest BCUT2D eigenvalue weighted by atomic mass is 10.0. The van der Waals surface area contributed by atoms with Gasteiger partial charge in [-0.05, 0) is 43.9 Å². The van der Waals surface area contributed by atoms with E-state index in [0.717, 1.165) is 17.7 Å². The predicted molar refractivity (Wildman–Crippen MR) is 103 cm³/mol. The molecule has 0 radical (unpaired) electrons. The largest absolute Gasteiger partial charge is 0.494 e. The van der Waals surface area contributed by atoms with Crippen molar-refractivity contribution in [1.82, 2.24) is 9.62 Å². The number of hydrogen-bond donors (Lipinski definition) is 1. The molecule has 1 aromatic rings. The van der Waals surface area contributed by atoms with Crippen LogP contribution in [0.25, 0.3) is 0 Å². The molecule has 1 heterocycles. The zero-order valence-electron chi connectivity index (χ0n) is 15.7. The van der Waals surface area contributed by atoms with Gasteiger partial charge < -0.3 is 9.64 Å². The van der Waals surface area contributed by atoms with E-state index in [-0.39, 0.29) is 17.7 Å². The average molecular weight is 383 g/mol. The van der Waals surface area contributed by atoms with Crippen LogP contribution in [0.5, 0.6) is 5.75 Å². The minimum Gasteiger partial charge on any atom is -0.494 e. The molecular weight excluding hydrogens is 352 g/mol. The van der Waals surface area contributed by atoms with E-state index in [9.17, 15) is 13.2 Å². The van der Waals surface area contributed by atoms with Crippen molar-refractivity contribution in [2.75, 3.05) is 25.4 Å². The fourth-order valence-corrected chi connectivity index (χ4v) is 4.58. The topological polar surface area (TPSA) is 75.7 Å². The summed E-state index contributed by atoms with van der Waals surface area (Å²) in [5.41, 5.74) is 0.959. The Labute approximate surface area is 157 Å². The van der Waals surface area contributed by atoms with E-state index in [0.29, 0.717) is 45.4 Å². The van der Waals surface area contributed by atoms with Gasteiger partial charge in [-0.2, -0.15) is 0 Å². The molecule has 7 heteroatoms. The van der Waals surface area contributed by atoms with Crippen LogP contribution in [0.3, 0.4) is 0 Å². The predicted octanol–water partition coefficient (Wildman–Crippen LogP) is 2.34. The van der Waals surface area contributed by atoms with E-state index in [2.05, 4.69) is 4.72 Å². The number of piperidine rings is 1. The second kappa shape index (κ2) is 9.92. The van der Waals surface area contributed by atoms with Crippen molar-refractivity contribution >= 4 is 15.9 Å². The van der Waals surface area contributed by atoms with Crippen LogP contribution in [0.1, 0.15) is 45.1 Å². The number of carbonyl (C=O) groups excluding carboxylic acids is 1. The Bertz CT molecular complexity index is 665. The van der Waals surface area contributed by atoms with E-state index in [1.54, 1.807) is 0 Å². The van der Waals surface area contributed by atoms with Gasteiger partial charge >= 0.3 is 0 Å². The molecule has 146 valence electrons. The first-order valence-electron chi connectivity index (χ1n) is 9.43. The molecule has 0 unspecified atom stereocenters. The normalized spacial score (nSPS) is 15.8. The zero-order chi connectivity index (χ0) is 19.0. The number of amides is 1. The van der Waals surface area contributed by atoms with Gasteiger partial charge in [0.1, 0.15) is 5.75 Å². The summed E-state index contributed by atoms with van der Waals surface area (Å²) in [6, 6.07) is 7.52. The highest BCUT2D eigenvalue weighted by molar-refractivity contribution is 7.89. The van der Waals surface area contributed by atoms with Crippen molar-refractivity contribution in [3.05, 3.63) is 29.8 Å². The van der Waals surface area contributed by atoms with E-state index in [1.165, 1.54) is 0 Å². The fraction of sp³-hybridized carbons (Fsp3) is 0.632. The van der Waals surface area contributed by atoms with Crippen LogP contribution in [0.4, 0.5) is 0 Å². The standard InChI is InChI=1S/C19H30N2O4S/c1-3-5-14-26(23,24)20-17-10-12-21(13-11-17)19(22)15-16-6-8-18(9-7-16)25-4-2/h6-9,17,20H,3-5,10-15H2,1-2H3. The van der Waals surface area contributed by atoms with E-state index in [1.807, 2.05) is 43.0 Å². The second-order valence-corrected chi connectivity index (χ2v) is 8.57. The number of sulfonamides is 1. The van der Waals surface area contributed by atoms with Crippen LogP contribution < -0.4 is 9.46 Å². The lowest BCUT2D eigenvalue weighted by Gasteiger charge is -2.32.